The topological polar surface area (TPSA) is 166 Å². The molecule has 2 aromatic carbocycles. The Hall–Kier alpha value is -5.35. The Bertz CT molecular complexity index is 2860. The third-order valence-corrected chi connectivity index (χ3v) is 13.2. The predicted molar refractivity (Wildman–Crippen MR) is 213 cm³/mol. The molecule has 3 aliphatic rings. The van der Waals surface area contributed by atoms with Crippen LogP contribution in [0.25, 0.3) is 32.4 Å². The molecule has 5 heterocycles. The number of aromatic nitrogens is 6. The second-order valence-corrected chi connectivity index (χ2v) is 19.1. The number of piperidine rings is 1. The van der Waals surface area contributed by atoms with Gasteiger partial charge in [0.05, 0.1) is 28.2 Å². The van der Waals surface area contributed by atoms with Crippen molar-refractivity contribution in [3.63, 3.8) is 0 Å². The Morgan fingerprint density at radius 1 is 1.05 bits per heavy atom. The van der Waals surface area contributed by atoms with Crippen LogP contribution >= 0.6 is 11.3 Å². The number of amides is 1. The number of thiazole rings is 1. The summed E-state index contributed by atoms with van der Waals surface area (Å²) in [6, 6.07) is 8.17. The van der Waals surface area contributed by atoms with Gasteiger partial charge in [-0.25, -0.2) is 22.2 Å². The minimum Gasteiger partial charge on any atom is -0.348 e. The second-order valence-electron chi connectivity index (χ2n) is 16.4. The molecule has 3 atom stereocenters. The van der Waals surface area contributed by atoms with Crippen LogP contribution in [0, 0.1) is 17.6 Å². The van der Waals surface area contributed by atoms with Crippen molar-refractivity contribution in [3.05, 3.63) is 82.3 Å². The van der Waals surface area contributed by atoms with Gasteiger partial charge in [-0.3, -0.25) is 18.9 Å². The summed E-state index contributed by atoms with van der Waals surface area (Å²) >= 11 is 1.33. The molecule has 1 saturated carbocycles. The third kappa shape index (κ3) is 7.55. The fraction of sp³-hybridized carbons (Fsp3) is 0.410. The number of carbonyl (C=O) groups is 1. The monoisotopic (exact) mass is 890 g/mol. The quantitative estimate of drug-likeness (QED) is 0.126. The lowest BCUT2D eigenvalue weighted by Crippen LogP contribution is -2.48. The summed E-state index contributed by atoms with van der Waals surface area (Å²) in [5.41, 5.74) is 4.56. The smallest absolute Gasteiger partial charge is 0.348 e. The van der Waals surface area contributed by atoms with Gasteiger partial charge in [0.1, 0.15) is 23.9 Å². The Labute approximate surface area is 347 Å². The fourth-order valence-corrected chi connectivity index (χ4v) is 10.1. The molecule has 322 valence electrons. The van der Waals surface area contributed by atoms with E-state index in [0.29, 0.717) is 68.5 Å². The molecule has 1 saturated heterocycles. The Balaban J connectivity index is 1.19. The number of benzene rings is 2. The van der Waals surface area contributed by atoms with E-state index in [1.165, 1.54) is 16.0 Å². The molecule has 2 aliphatic carbocycles. The summed E-state index contributed by atoms with van der Waals surface area (Å²) in [4.78, 5) is 25.9. The van der Waals surface area contributed by atoms with E-state index in [0.717, 1.165) is 18.4 Å². The summed E-state index contributed by atoms with van der Waals surface area (Å²) in [7, 11) is -2.19. The Kier molecular flexibility index (Phi) is 9.48. The summed E-state index contributed by atoms with van der Waals surface area (Å²) in [6.45, 7) is 2.14. The van der Waals surface area contributed by atoms with Crippen molar-refractivity contribution >= 4 is 59.5 Å². The lowest BCUT2D eigenvalue weighted by molar-refractivity contribution is -0.142. The van der Waals surface area contributed by atoms with Gasteiger partial charge in [0.15, 0.2) is 22.3 Å². The van der Waals surface area contributed by atoms with Gasteiger partial charge in [-0.1, -0.05) is 23.5 Å². The van der Waals surface area contributed by atoms with Crippen LogP contribution in [-0.4, -0.2) is 68.7 Å². The average Bonchev–Trinajstić information content (AvgIpc) is 3.41. The first-order valence-electron chi connectivity index (χ1n) is 19.2. The summed E-state index contributed by atoms with van der Waals surface area (Å²) in [5, 5.41) is 11.6. The van der Waals surface area contributed by atoms with E-state index in [9.17, 15) is 35.2 Å². The van der Waals surface area contributed by atoms with Crippen LogP contribution in [0.2, 0.25) is 0 Å². The molecular formula is C39H37F7N10O3S2. The van der Waals surface area contributed by atoms with Crippen LogP contribution in [0.1, 0.15) is 66.4 Å². The van der Waals surface area contributed by atoms with Crippen molar-refractivity contribution < 1.29 is 43.9 Å². The first-order chi connectivity index (χ1) is 28.6. The number of halogens is 7. The van der Waals surface area contributed by atoms with Crippen LogP contribution in [0.5, 0.6) is 0 Å². The average molecular weight is 891 g/mol. The molecule has 13 nitrogen and oxygen atoms in total. The summed E-state index contributed by atoms with van der Waals surface area (Å²) in [5.74, 6) is -8.91. The zero-order chi connectivity index (χ0) is 43.6. The first-order valence-corrected chi connectivity index (χ1v) is 21.9. The van der Waals surface area contributed by atoms with E-state index in [-0.39, 0.29) is 41.1 Å². The van der Waals surface area contributed by atoms with Crippen LogP contribution in [0.3, 0.4) is 0 Å². The number of nitrogens with one attached hydrogen (secondary N) is 2. The number of carbonyl (C=O) groups excluding carboxylic acids is 1. The number of nitrogens with zero attached hydrogens (tertiary/aromatic N) is 7. The van der Waals surface area contributed by atoms with E-state index < -0.39 is 81.0 Å². The lowest BCUT2D eigenvalue weighted by atomic mass is 9.91. The van der Waals surface area contributed by atoms with Crippen molar-refractivity contribution in [2.24, 2.45) is 18.7 Å². The van der Waals surface area contributed by atoms with Crippen molar-refractivity contribution in [2.45, 2.75) is 68.7 Å². The molecule has 1 aliphatic heterocycles. The molecule has 61 heavy (non-hydrogen) atoms. The minimum atomic E-state index is -5.06. The van der Waals surface area contributed by atoms with Crippen molar-refractivity contribution in [2.75, 3.05) is 29.0 Å². The molecule has 0 radical (unpaired) electrons. The molecule has 2 fully saturated rings. The molecule has 4 aromatic heterocycles. The van der Waals surface area contributed by atoms with Crippen molar-refractivity contribution in [1.82, 2.24) is 34.8 Å². The molecule has 0 spiro atoms. The number of fused-ring (bicyclic) bond motifs is 5. The van der Waals surface area contributed by atoms with Gasteiger partial charge in [0, 0.05) is 59.7 Å². The van der Waals surface area contributed by atoms with Gasteiger partial charge in [0.25, 0.3) is 5.92 Å². The normalized spacial score (nSPS) is 19.9. The molecule has 22 heteroatoms. The molecule has 1 amide bonds. The molecule has 9 rings (SSSR count). The minimum absolute atomic E-state index is 0.0222. The maximum Gasteiger partial charge on any atom is 0.435 e. The number of alkyl halides is 5. The first kappa shape index (κ1) is 41.0. The number of hydrogen-bond acceptors (Lipinski definition) is 10. The number of nitrogens with two attached hydrogens (primary N) is 1. The van der Waals surface area contributed by atoms with E-state index in [2.05, 4.69) is 25.1 Å². The maximum absolute atomic E-state index is 15.5. The molecular weight excluding hydrogens is 854 g/mol. The lowest BCUT2D eigenvalue weighted by Gasteiger charge is -2.36. The van der Waals surface area contributed by atoms with Crippen molar-refractivity contribution in [3.8, 4) is 11.1 Å². The number of sulfonamides is 1. The zero-order valence-electron chi connectivity index (χ0n) is 32.6. The largest absolute Gasteiger partial charge is 0.435 e. The van der Waals surface area contributed by atoms with E-state index in [4.69, 9.17) is 15.7 Å². The summed E-state index contributed by atoms with van der Waals surface area (Å²) in [6.07, 6.45) is -3.19. The highest BCUT2D eigenvalue weighted by Crippen LogP contribution is 2.68. The van der Waals surface area contributed by atoms with E-state index in [1.807, 2.05) is 6.92 Å². The zero-order valence-corrected chi connectivity index (χ0v) is 34.3. The fourth-order valence-electron chi connectivity index (χ4n) is 8.65. The van der Waals surface area contributed by atoms with E-state index >= 15 is 8.78 Å². The Morgan fingerprint density at radius 3 is 2.43 bits per heavy atom. The van der Waals surface area contributed by atoms with Gasteiger partial charge in [0.2, 0.25) is 15.9 Å². The maximum atomic E-state index is 15.5. The standard InChI is InChI=1S/C39H37F7N10O3S2/c1-37(47)7-9-55(10-8-37)36-50-35-27(60-36)16-23(21-5-4-6-22-31(21)54(2)52-34(22)53-61(3,58)59)30(49-35)26(13-18-11-19(40)14-20(41)12-18)48-28(57)17-56-33-29(32(51-56)39(44,45)46)24-15-25(24)38(33,42)43/h4-6,11-12,14,16,24-26H,7-10,13,15,17,47H2,1-3H3,(H,48,57)(H,52,53)/t24-,25+,26?/m0/s1. The highest BCUT2D eigenvalue weighted by molar-refractivity contribution is 7.92. The highest BCUT2D eigenvalue weighted by Gasteiger charge is 2.68. The highest BCUT2D eigenvalue weighted by atomic mass is 32.2. The van der Waals surface area contributed by atoms with Crippen LogP contribution in [0.4, 0.5) is 41.7 Å². The van der Waals surface area contributed by atoms with Crippen LogP contribution in [-0.2, 0) is 46.9 Å². The van der Waals surface area contributed by atoms with Crippen LogP contribution in [0.15, 0.2) is 42.5 Å². The Morgan fingerprint density at radius 2 is 1.75 bits per heavy atom. The number of para-hydroxylation sites is 1. The number of aryl methyl sites for hydroxylation is 1. The van der Waals surface area contributed by atoms with E-state index in [1.54, 1.807) is 31.3 Å². The SMILES string of the molecule is Cn1nc(NS(C)(=O)=O)c2cccc(-c3cc4sc(N5CCC(C)(N)CC5)nc4nc3C(Cc3cc(F)cc(F)c3)NC(=O)Cn3nc(C(F)(F)F)c4c3C(F)(F)[C@@H]3C[C@H]43)c21. The van der Waals surface area contributed by atoms with Gasteiger partial charge in [-0.05, 0) is 68.4 Å². The van der Waals surface area contributed by atoms with Crippen molar-refractivity contribution in [1.29, 1.82) is 0 Å². The van der Waals surface area contributed by atoms with Gasteiger partial charge in [-0.2, -0.15) is 37.1 Å². The van der Waals surface area contributed by atoms with Gasteiger partial charge < -0.3 is 16.0 Å². The van der Waals surface area contributed by atoms with Gasteiger partial charge >= 0.3 is 6.18 Å². The number of rotatable bonds is 10. The number of pyridine rings is 1. The predicted octanol–water partition coefficient (Wildman–Crippen LogP) is 6.74. The van der Waals surface area contributed by atoms with Gasteiger partial charge in [-0.15, -0.1) is 0 Å². The number of hydrogen-bond donors (Lipinski definition) is 3. The molecule has 6 aromatic rings. The number of anilines is 2. The summed E-state index contributed by atoms with van der Waals surface area (Å²) < 4.78 is 132. The third-order valence-electron chi connectivity index (χ3n) is 11.5. The molecule has 1 unspecified atom stereocenters. The second kappa shape index (κ2) is 14.1. The molecule has 0 bridgehead atoms. The van der Waals surface area contributed by atoms with Crippen LogP contribution < -0.4 is 20.7 Å². The molecule has 4 N–H and O–H groups in total.